The number of rotatable bonds is 1. The molecule has 0 saturated carbocycles. The van der Waals surface area contributed by atoms with Crippen LogP contribution >= 0.6 is 22.7 Å². The van der Waals surface area contributed by atoms with Gasteiger partial charge in [-0.3, -0.25) is 4.40 Å². The van der Waals surface area contributed by atoms with Crippen LogP contribution in [0.3, 0.4) is 0 Å². The maximum absolute atomic E-state index is 5.75. The number of thiazole rings is 1. The Morgan fingerprint density at radius 3 is 3.00 bits per heavy atom. The van der Waals surface area contributed by atoms with Crippen LogP contribution in [-0.2, 0) is 0 Å². The second-order valence-corrected chi connectivity index (χ2v) is 5.48. The molecule has 2 N–H and O–H groups in total. The van der Waals surface area contributed by atoms with Crippen molar-refractivity contribution in [1.82, 2.24) is 9.38 Å². The number of hydrogen-bond acceptors (Lipinski definition) is 4. The molecule has 5 heteroatoms. The van der Waals surface area contributed by atoms with E-state index in [1.165, 1.54) is 15.4 Å². The van der Waals surface area contributed by atoms with Crippen molar-refractivity contribution in [3.8, 4) is 10.6 Å². The molecule has 3 heterocycles. The first kappa shape index (κ1) is 8.94. The van der Waals surface area contributed by atoms with E-state index in [2.05, 4.69) is 29.4 Å². The molecule has 0 spiro atoms. The maximum atomic E-state index is 5.75. The summed E-state index contributed by atoms with van der Waals surface area (Å²) in [4.78, 5) is 7.71. The zero-order valence-electron chi connectivity index (χ0n) is 8.10. The predicted octanol–water partition coefficient (Wildman–Crippen LogP) is 3.01. The van der Waals surface area contributed by atoms with Gasteiger partial charge in [0.25, 0.3) is 0 Å². The predicted molar refractivity (Wildman–Crippen MR) is 65.5 cm³/mol. The fourth-order valence-electron chi connectivity index (χ4n) is 1.56. The highest BCUT2D eigenvalue weighted by atomic mass is 32.1. The van der Waals surface area contributed by atoms with Crippen LogP contribution < -0.4 is 5.73 Å². The summed E-state index contributed by atoms with van der Waals surface area (Å²) in [6.07, 6.45) is 1.78. The molecule has 0 bridgehead atoms. The van der Waals surface area contributed by atoms with E-state index in [0.29, 0.717) is 5.82 Å². The highest BCUT2D eigenvalue weighted by Crippen LogP contribution is 2.32. The highest BCUT2D eigenvalue weighted by Gasteiger charge is 2.10. The summed E-state index contributed by atoms with van der Waals surface area (Å²) in [5.74, 6) is 0.611. The van der Waals surface area contributed by atoms with E-state index >= 15 is 0 Å². The van der Waals surface area contributed by atoms with E-state index in [4.69, 9.17) is 5.73 Å². The van der Waals surface area contributed by atoms with Crippen molar-refractivity contribution in [2.75, 3.05) is 5.73 Å². The smallest absolute Gasteiger partial charge is 0.160 e. The first-order valence-electron chi connectivity index (χ1n) is 4.52. The number of anilines is 1. The van der Waals surface area contributed by atoms with E-state index in [-0.39, 0.29) is 0 Å². The van der Waals surface area contributed by atoms with Gasteiger partial charge < -0.3 is 5.73 Å². The van der Waals surface area contributed by atoms with Gasteiger partial charge in [0.05, 0.1) is 10.6 Å². The molecule has 0 saturated heterocycles. The zero-order valence-corrected chi connectivity index (χ0v) is 9.73. The molecule has 0 unspecified atom stereocenters. The summed E-state index contributed by atoms with van der Waals surface area (Å²) >= 11 is 3.42. The Balaban J connectivity index is 2.27. The quantitative estimate of drug-likeness (QED) is 0.704. The number of fused-ring (bicyclic) bond motifs is 1. The third-order valence-corrected chi connectivity index (χ3v) is 4.28. The average Bonchev–Trinajstić information content (AvgIpc) is 2.84. The SMILES string of the molecule is Cc1ccc(-c2csc3c(N)ncn23)s1. The normalized spacial score (nSPS) is 11.3. The summed E-state index contributed by atoms with van der Waals surface area (Å²) in [6, 6.07) is 4.27. The van der Waals surface area contributed by atoms with Crippen molar-refractivity contribution in [3.05, 3.63) is 28.7 Å². The molecule has 0 aliphatic heterocycles. The van der Waals surface area contributed by atoms with E-state index in [1.807, 2.05) is 4.40 Å². The van der Waals surface area contributed by atoms with Crippen LogP contribution in [0.5, 0.6) is 0 Å². The molecule has 0 aliphatic carbocycles. The molecular formula is C10H9N3S2. The number of nitrogens with two attached hydrogens (primary N) is 1. The van der Waals surface area contributed by atoms with Crippen molar-refractivity contribution in [3.63, 3.8) is 0 Å². The Morgan fingerprint density at radius 2 is 2.27 bits per heavy atom. The number of nitrogens with zero attached hydrogens (tertiary/aromatic N) is 2. The standard InChI is InChI=1S/C10H9N3S2/c1-6-2-3-8(15-6)7-4-14-10-9(11)12-5-13(7)10/h2-5H,11H2,1H3. The number of thiophene rings is 1. The highest BCUT2D eigenvalue weighted by molar-refractivity contribution is 7.18. The van der Waals surface area contributed by atoms with Crippen LogP contribution in [0.4, 0.5) is 5.82 Å². The lowest BCUT2D eigenvalue weighted by Crippen LogP contribution is -1.82. The van der Waals surface area contributed by atoms with Crippen molar-refractivity contribution in [1.29, 1.82) is 0 Å². The molecular weight excluding hydrogens is 226 g/mol. The average molecular weight is 235 g/mol. The van der Waals surface area contributed by atoms with Gasteiger partial charge in [-0.15, -0.1) is 22.7 Å². The summed E-state index contributed by atoms with van der Waals surface area (Å²) in [6.45, 7) is 2.11. The Kier molecular flexibility index (Phi) is 1.83. The van der Waals surface area contributed by atoms with Crippen LogP contribution in [0.25, 0.3) is 15.4 Å². The molecule has 3 rings (SSSR count). The van der Waals surface area contributed by atoms with Crippen LogP contribution in [0.1, 0.15) is 4.88 Å². The van der Waals surface area contributed by atoms with E-state index in [0.717, 1.165) is 4.83 Å². The molecule has 15 heavy (non-hydrogen) atoms. The molecule has 0 fully saturated rings. The van der Waals surface area contributed by atoms with Crippen molar-refractivity contribution in [2.45, 2.75) is 6.92 Å². The number of hydrogen-bond donors (Lipinski definition) is 1. The molecule has 3 aromatic rings. The molecule has 0 aromatic carbocycles. The first-order chi connectivity index (χ1) is 7.25. The second kappa shape index (κ2) is 3.08. The van der Waals surface area contributed by atoms with Crippen LogP contribution in [-0.4, -0.2) is 9.38 Å². The van der Waals surface area contributed by atoms with Crippen molar-refractivity contribution >= 4 is 33.3 Å². The third kappa shape index (κ3) is 1.27. The van der Waals surface area contributed by atoms with E-state index in [9.17, 15) is 0 Å². The van der Waals surface area contributed by atoms with Crippen LogP contribution in [0, 0.1) is 6.92 Å². The van der Waals surface area contributed by atoms with E-state index in [1.54, 1.807) is 29.0 Å². The fourth-order valence-corrected chi connectivity index (χ4v) is 3.41. The topological polar surface area (TPSA) is 43.3 Å². The van der Waals surface area contributed by atoms with Crippen molar-refractivity contribution < 1.29 is 0 Å². The van der Waals surface area contributed by atoms with Gasteiger partial charge in [0.15, 0.2) is 5.82 Å². The lowest BCUT2D eigenvalue weighted by molar-refractivity contribution is 1.19. The molecule has 0 atom stereocenters. The largest absolute Gasteiger partial charge is 0.381 e. The van der Waals surface area contributed by atoms with Gasteiger partial charge >= 0.3 is 0 Å². The molecule has 76 valence electrons. The number of nitrogen functional groups attached to an aromatic ring is 1. The zero-order chi connectivity index (χ0) is 10.4. The second-order valence-electron chi connectivity index (χ2n) is 3.34. The third-order valence-electron chi connectivity index (χ3n) is 2.28. The Hall–Kier alpha value is -1.33. The minimum atomic E-state index is 0.611. The fraction of sp³-hybridized carbons (Fsp3) is 0.100. The summed E-state index contributed by atoms with van der Waals surface area (Å²) in [5.41, 5.74) is 6.93. The summed E-state index contributed by atoms with van der Waals surface area (Å²) in [7, 11) is 0. The Labute approximate surface area is 94.8 Å². The monoisotopic (exact) mass is 235 g/mol. The van der Waals surface area contributed by atoms with Crippen LogP contribution in [0.15, 0.2) is 23.8 Å². The lowest BCUT2D eigenvalue weighted by Gasteiger charge is -1.92. The minimum Gasteiger partial charge on any atom is -0.381 e. The lowest BCUT2D eigenvalue weighted by atomic mass is 10.4. The minimum absolute atomic E-state index is 0.611. The molecule has 3 nitrogen and oxygen atoms in total. The van der Waals surface area contributed by atoms with Gasteiger partial charge in [-0.2, -0.15) is 0 Å². The summed E-state index contributed by atoms with van der Waals surface area (Å²) < 4.78 is 2.05. The van der Waals surface area contributed by atoms with Gasteiger partial charge in [0, 0.05) is 10.3 Å². The number of aromatic nitrogens is 2. The first-order valence-corrected chi connectivity index (χ1v) is 6.22. The maximum Gasteiger partial charge on any atom is 0.160 e. The van der Waals surface area contributed by atoms with Crippen molar-refractivity contribution in [2.24, 2.45) is 0 Å². The Morgan fingerprint density at radius 1 is 1.40 bits per heavy atom. The molecule has 0 aliphatic rings. The van der Waals surface area contributed by atoms with Gasteiger partial charge in [-0.1, -0.05) is 0 Å². The van der Waals surface area contributed by atoms with Gasteiger partial charge in [0.2, 0.25) is 0 Å². The van der Waals surface area contributed by atoms with Gasteiger partial charge in [-0.25, -0.2) is 4.98 Å². The summed E-state index contributed by atoms with van der Waals surface area (Å²) in [5, 5.41) is 2.12. The van der Waals surface area contributed by atoms with Gasteiger partial charge in [-0.05, 0) is 19.1 Å². The van der Waals surface area contributed by atoms with Gasteiger partial charge in [0.1, 0.15) is 11.2 Å². The van der Waals surface area contributed by atoms with Crippen LogP contribution in [0.2, 0.25) is 0 Å². The number of aryl methyl sites for hydroxylation is 1. The van der Waals surface area contributed by atoms with E-state index < -0.39 is 0 Å². The molecule has 3 aromatic heterocycles. The molecule has 0 amide bonds. The molecule has 0 radical (unpaired) electrons. The Bertz CT molecular complexity index is 617. The number of imidazole rings is 1.